The van der Waals surface area contributed by atoms with Crippen molar-refractivity contribution in [2.75, 3.05) is 17.7 Å². The second kappa shape index (κ2) is 7.31. The molecule has 3 aromatic rings. The van der Waals surface area contributed by atoms with E-state index in [2.05, 4.69) is 36.5 Å². The molecule has 1 aromatic heterocycles. The Bertz CT molecular complexity index is 819. The van der Waals surface area contributed by atoms with Gasteiger partial charge in [-0.3, -0.25) is 0 Å². The number of hydrogen-bond acceptors (Lipinski definition) is 5. The predicted molar refractivity (Wildman–Crippen MR) is 100 cm³/mol. The van der Waals surface area contributed by atoms with Gasteiger partial charge in [0.05, 0.1) is 7.11 Å². The first kappa shape index (κ1) is 16.3. The highest BCUT2D eigenvalue weighted by atomic mass is 79.9. The van der Waals surface area contributed by atoms with Gasteiger partial charge in [-0.1, -0.05) is 15.9 Å². The Labute approximate surface area is 149 Å². The third-order valence-corrected chi connectivity index (χ3v) is 3.85. The van der Waals surface area contributed by atoms with Gasteiger partial charge < -0.3 is 15.4 Å². The monoisotopic (exact) mass is 384 g/mol. The molecule has 0 bridgehead atoms. The van der Waals surface area contributed by atoms with Crippen molar-refractivity contribution < 1.29 is 4.74 Å². The summed E-state index contributed by atoms with van der Waals surface area (Å²) in [5, 5.41) is 6.49. The molecule has 122 valence electrons. The van der Waals surface area contributed by atoms with Gasteiger partial charge in [-0.05, 0) is 55.5 Å². The van der Waals surface area contributed by atoms with Crippen LogP contribution >= 0.6 is 15.9 Å². The molecule has 1 heterocycles. The Kier molecular flexibility index (Phi) is 4.96. The molecule has 3 rings (SSSR count). The lowest BCUT2D eigenvalue weighted by Gasteiger charge is -2.10. The van der Waals surface area contributed by atoms with Gasteiger partial charge in [0.15, 0.2) is 0 Å². The van der Waals surface area contributed by atoms with Gasteiger partial charge >= 0.3 is 0 Å². The van der Waals surface area contributed by atoms with Crippen LogP contribution in [-0.2, 0) is 0 Å². The Morgan fingerprint density at radius 3 is 2.17 bits per heavy atom. The van der Waals surface area contributed by atoms with Crippen molar-refractivity contribution in [3.05, 3.63) is 64.8 Å². The Morgan fingerprint density at radius 1 is 0.875 bits per heavy atom. The molecule has 0 saturated carbocycles. The fraction of sp³-hybridized carbons (Fsp3) is 0.111. The highest BCUT2D eigenvalue weighted by molar-refractivity contribution is 9.10. The average molecular weight is 385 g/mol. The third kappa shape index (κ3) is 4.23. The summed E-state index contributed by atoms with van der Waals surface area (Å²) in [7, 11) is 1.65. The van der Waals surface area contributed by atoms with E-state index in [9.17, 15) is 0 Å². The number of benzene rings is 2. The van der Waals surface area contributed by atoms with Crippen LogP contribution in [0.1, 0.15) is 5.69 Å². The Morgan fingerprint density at radius 2 is 1.50 bits per heavy atom. The lowest BCUT2D eigenvalue weighted by molar-refractivity contribution is 0.415. The van der Waals surface area contributed by atoms with Crippen LogP contribution < -0.4 is 15.4 Å². The van der Waals surface area contributed by atoms with Crippen LogP contribution in [0.3, 0.4) is 0 Å². The minimum atomic E-state index is 0.549. The topological polar surface area (TPSA) is 59.1 Å². The molecule has 0 radical (unpaired) electrons. The fourth-order valence-electron chi connectivity index (χ4n) is 2.17. The van der Waals surface area contributed by atoms with Gasteiger partial charge in [0.1, 0.15) is 11.6 Å². The number of ether oxygens (including phenoxy) is 1. The van der Waals surface area contributed by atoms with Crippen LogP contribution in [0, 0.1) is 6.92 Å². The summed E-state index contributed by atoms with van der Waals surface area (Å²) in [6.45, 7) is 1.94. The van der Waals surface area contributed by atoms with E-state index in [-0.39, 0.29) is 0 Å². The van der Waals surface area contributed by atoms with Gasteiger partial charge in [0, 0.05) is 27.6 Å². The van der Waals surface area contributed by atoms with E-state index < -0.39 is 0 Å². The van der Waals surface area contributed by atoms with Gasteiger partial charge in [0.2, 0.25) is 5.95 Å². The van der Waals surface area contributed by atoms with Crippen molar-refractivity contribution in [3.63, 3.8) is 0 Å². The highest BCUT2D eigenvalue weighted by Crippen LogP contribution is 2.22. The zero-order valence-electron chi connectivity index (χ0n) is 13.4. The number of methoxy groups -OCH3 is 1. The maximum atomic E-state index is 5.17. The van der Waals surface area contributed by atoms with Crippen LogP contribution in [-0.4, -0.2) is 17.1 Å². The largest absolute Gasteiger partial charge is 0.497 e. The van der Waals surface area contributed by atoms with Crippen molar-refractivity contribution in [3.8, 4) is 5.75 Å². The number of halogens is 1. The van der Waals surface area contributed by atoms with E-state index in [1.54, 1.807) is 7.11 Å². The quantitative estimate of drug-likeness (QED) is 0.644. The number of aryl methyl sites for hydroxylation is 1. The molecule has 0 aliphatic rings. The summed E-state index contributed by atoms with van der Waals surface area (Å²) in [6, 6.07) is 17.4. The third-order valence-electron chi connectivity index (χ3n) is 3.32. The molecule has 6 heteroatoms. The molecule has 0 unspecified atom stereocenters. The van der Waals surface area contributed by atoms with Crippen LogP contribution in [0.2, 0.25) is 0 Å². The lowest BCUT2D eigenvalue weighted by Crippen LogP contribution is -2.02. The minimum absolute atomic E-state index is 0.549. The van der Waals surface area contributed by atoms with Crippen LogP contribution in [0.4, 0.5) is 23.1 Å². The molecule has 2 N–H and O–H groups in total. The van der Waals surface area contributed by atoms with Crippen molar-refractivity contribution in [1.29, 1.82) is 0 Å². The summed E-state index contributed by atoms with van der Waals surface area (Å²) in [5.74, 6) is 2.10. The molecule has 0 aliphatic carbocycles. The minimum Gasteiger partial charge on any atom is -0.497 e. The smallest absolute Gasteiger partial charge is 0.229 e. The summed E-state index contributed by atoms with van der Waals surface area (Å²) in [5.41, 5.74) is 2.74. The number of hydrogen-bond donors (Lipinski definition) is 2. The number of aromatic nitrogens is 2. The average Bonchev–Trinajstić information content (AvgIpc) is 2.57. The standard InChI is InChI=1S/C18H17BrN4O/c1-12-11-17(21-14-7-9-16(24-2)10-8-14)23-18(20-12)22-15-5-3-13(19)4-6-15/h3-11H,1-2H3,(H2,20,21,22,23). The number of rotatable bonds is 5. The SMILES string of the molecule is COc1ccc(Nc2cc(C)nc(Nc3ccc(Br)cc3)n2)cc1. The summed E-state index contributed by atoms with van der Waals surface area (Å²) < 4.78 is 6.19. The molecule has 0 atom stereocenters. The first-order valence-corrected chi connectivity index (χ1v) is 8.21. The molecular formula is C18H17BrN4O. The van der Waals surface area contributed by atoms with Gasteiger partial charge in [-0.2, -0.15) is 4.98 Å². The zero-order valence-corrected chi connectivity index (χ0v) is 15.0. The highest BCUT2D eigenvalue weighted by Gasteiger charge is 2.04. The summed E-state index contributed by atoms with van der Waals surface area (Å²) >= 11 is 3.42. The predicted octanol–water partition coefficient (Wildman–Crippen LogP) is 5.04. The Balaban J connectivity index is 1.78. The molecule has 24 heavy (non-hydrogen) atoms. The van der Waals surface area contributed by atoms with E-state index in [1.807, 2.05) is 61.5 Å². The molecule has 0 aliphatic heterocycles. The van der Waals surface area contributed by atoms with E-state index in [0.29, 0.717) is 5.95 Å². The Hall–Kier alpha value is -2.60. The lowest BCUT2D eigenvalue weighted by atomic mass is 10.3. The summed E-state index contributed by atoms with van der Waals surface area (Å²) in [6.07, 6.45) is 0. The molecule has 0 saturated heterocycles. The normalized spacial score (nSPS) is 10.3. The van der Waals surface area contributed by atoms with E-state index in [1.165, 1.54) is 0 Å². The van der Waals surface area contributed by atoms with Crippen molar-refractivity contribution in [1.82, 2.24) is 9.97 Å². The number of nitrogens with zero attached hydrogens (tertiary/aromatic N) is 2. The van der Waals surface area contributed by atoms with E-state index in [4.69, 9.17) is 4.74 Å². The fourth-order valence-corrected chi connectivity index (χ4v) is 2.44. The maximum absolute atomic E-state index is 5.17. The summed E-state index contributed by atoms with van der Waals surface area (Å²) in [4.78, 5) is 8.94. The van der Waals surface area contributed by atoms with Crippen LogP contribution in [0.5, 0.6) is 5.75 Å². The maximum Gasteiger partial charge on any atom is 0.229 e. The van der Waals surface area contributed by atoms with Gasteiger partial charge in [-0.15, -0.1) is 0 Å². The molecule has 5 nitrogen and oxygen atoms in total. The van der Waals surface area contributed by atoms with E-state index in [0.717, 1.165) is 33.1 Å². The number of nitrogens with one attached hydrogen (secondary N) is 2. The zero-order chi connectivity index (χ0) is 16.9. The number of anilines is 4. The van der Waals surface area contributed by atoms with Crippen molar-refractivity contribution >= 4 is 39.1 Å². The molecular weight excluding hydrogens is 368 g/mol. The van der Waals surface area contributed by atoms with Crippen molar-refractivity contribution in [2.24, 2.45) is 0 Å². The van der Waals surface area contributed by atoms with Gasteiger partial charge in [-0.25, -0.2) is 4.98 Å². The first-order valence-electron chi connectivity index (χ1n) is 7.42. The second-order valence-electron chi connectivity index (χ2n) is 5.20. The molecule has 0 spiro atoms. The molecule has 0 amide bonds. The molecule has 2 aromatic carbocycles. The van der Waals surface area contributed by atoms with Crippen LogP contribution in [0.15, 0.2) is 59.1 Å². The molecule has 0 fully saturated rings. The van der Waals surface area contributed by atoms with Crippen LogP contribution in [0.25, 0.3) is 0 Å². The first-order chi connectivity index (χ1) is 11.6. The van der Waals surface area contributed by atoms with E-state index >= 15 is 0 Å². The second-order valence-corrected chi connectivity index (χ2v) is 6.12. The van der Waals surface area contributed by atoms with Crippen molar-refractivity contribution in [2.45, 2.75) is 6.92 Å². The van der Waals surface area contributed by atoms with Gasteiger partial charge in [0.25, 0.3) is 0 Å².